The van der Waals surface area contributed by atoms with Crippen molar-refractivity contribution in [1.29, 1.82) is 0 Å². The number of hydrogen-bond donors (Lipinski definition) is 0. The molecule has 7 fully saturated rings. The highest BCUT2D eigenvalue weighted by atomic mass is 14.5. The third-order valence-corrected chi connectivity index (χ3v) is 15.1. The van der Waals surface area contributed by atoms with Gasteiger partial charge >= 0.3 is 0 Å². The van der Waals surface area contributed by atoms with Gasteiger partial charge in [0.05, 0.1) is 0 Å². The minimum atomic E-state index is 1.02. The molecule has 0 bridgehead atoms. The van der Waals surface area contributed by atoms with E-state index in [-0.39, 0.29) is 0 Å². The van der Waals surface area contributed by atoms with Crippen LogP contribution in [0.4, 0.5) is 0 Å². The van der Waals surface area contributed by atoms with Crippen molar-refractivity contribution in [2.24, 2.45) is 65.1 Å². The van der Waals surface area contributed by atoms with Crippen LogP contribution in [-0.4, -0.2) is 0 Å². The van der Waals surface area contributed by atoms with Gasteiger partial charge < -0.3 is 0 Å². The summed E-state index contributed by atoms with van der Waals surface area (Å²) < 4.78 is 0. The maximum absolute atomic E-state index is 2.58. The molecule has 7 aliphatic carbocycles. The molecule has 304 valence electrons. The van der Waals surface area contributed by atoms with Crippen molar-refractivity contribution in [3.8, 4) is 0 Å². The lowest BCUT2D eigenvalue weighted by molar-refractivity contribution is 0.0920. The maximum Gasteiger partial charge on any atom is -0.0360 e. The lowest BCUT2D eigenvalue weighted by Gasteiger charge is -2.41. The summed E-state index contributed by atoms with van der Waals surface area (Å²) in [5.41, 5.74) is 0. The standard InChI is InChI=1S/C25H44.C8H16.2C7H14.2C2H6/c1-18-10-12-20(13-11-18)22-7-5-8-23(17-24(16-22)21-14-15-21)25-9-4-3-6-19(25)2;1-8-6-4-2-3-5-7-8;2*1-7-5-3-2-4-6-7;2*1-2/h18-25H,3-17H2,1-2H3;8H,2-7H2,1H3;2*7H,2-6H2,1H3;2*1-2H3. The van der Waals surface area contributed by atoms with E-state index < -0.39 is 0 Å². The molecule has 0 spiro atoms. The fraction of sp³-hybridized carbons (Fsp3) is 1.00. The summed E-state index contributed by atoms with van der Waals surface area (Å²) in [6, 6.07) is 0. The SMILES string of the molecule is CC.CC.CC1CCC(C2CCCC(C3CCCCC3C)CC(C3CC3)C2)CC1.CC1CCCCC1.CC1CCCCC1.CC1CCCCCC1. The molecule has 0 heterocycles. The third kappa shape index (κ3) is 20.5. The van der Waals surface area contributed by atoms with Gasteiger partial charge in [0.25, 0.3) is 0 Å². The summed E-state index contributed by atoms with van der Waals surface area (Å²) in [7, 11) is 0. The van der Waals surface area contributed by atoms with Crippen molar-refractivity contribution in [3.63, 3.8) is 0 Å². The van der Waals surface area contributed by atoms with E-state index in [1.165, 1.54) is 135 Å². The van der Waals surface area contributed by atoms with Gasteiger partial charge in [-0.25, -0.2) is 0 Å². The molecule has 0 nitrogen and oxygen atoms in total. The van der Waals surface area contributed by atoms with E-state index in [0.717, 1.165) is 65.1 Å². The Bertz CT molecular complexity index is 720. The fourth-order valence-electron chi connectivity index (χ4n) is 11.4. The molecular weight excluding hydrogens is 613 g/mol. The van der Waals surface area contributed by atoms with E-state index >= 15 is 0 Å². The zero-order valence-corrected chi connectivity index (χ0v) is 37.3. The summed E-state index contributed by atoms with van der Waals surface area (Å²) in [6.07, 6.45) is 47.2. The molecule has 5 atom stereocenters. The quantitative estimate of drug-likeness (QED) is 0.256. The Morgan fingerprint density at radius 1 is 0.235 bits per heavy atom. The van der Waals surface area contributed by atoms with Gasteiger partial charge in [-0.2, -0.15) is 0 Å². The minimum absolute atomic E-state index is 1.02. The Balaban J connectivity index is 0.000000281. The van der Waals surface area contributed by atoms with Crippen molar-refractivity contribution < 1.29 is 0 Å². The van der Waals surface area contributed by atoms with Crippen molar-refractivity contribution in [2.45, 2.75) is 261 Å². The van der Waals surface area contributed by atoms with Crippen LogP contribution in [0.25, 0.3) is 0 Å². The smallest absolute Gasteiger partial charge is 0.0360 e. The molecule has 0 N–H and O–H groups in total. The second-order valence-corrected chi connectivity index (χ2v) is 19.5. The Labute approximate surface area is 325 Å². The van der Waals surface area contributed by atoms with Crippen LogP contribution < -0.4 is 0 Å². The average Bonchev–Trinajstić information content (AvgIpc) is 4.02. The zero-order chi connectivity index (χ0) is 37.3. The summed E-state index contributed by atoms with van der Waals surface area (Å²) >= 11 is 0. The third-order valence-electron chi connectivity index (χ3n) is 15.1. The van der Waals surface area contributed by atoms with Crippen molar-refractivity contribution in [1.82, 2.24) is 0 Å². The molecule has 7 saturated carbocycles. The van der Waals surface area contributed by atoms with Gasteiger partial charge in [-0.3, -0.25) is 0 Å². The van der Waals surface area contributed by atoms with Gasteiger partial charge in [0.2, 0.25) is 0 Å². The molecule has 0 aromatic rings. The van der Waals surface area contributed by atoms with E-state index in [0.29, 0.717) is 0 Å². The lowest BCUT2D eigenvalue weighted by Crippen LogP contribution is -2.31. The first-order chi connectivity index (χ1) is 24.9. The first-order valence-corrected chi connectivity index (χ1v) is 24.9. The van der Waals surface area contributed by atoms with E-state index in [1.807, 2.05) is 27.7 Å². The van der Waals surface area contributed by atoms with Gasteiger partial charge in [-0.15, -0.1) is 0 Å². The summed E-state index contributed by atoms with van der Waals surface area (Å²) in [5.74, 6) is 11.8. The number of hydrogen-bond acceptors (Lipinski definition) is 0. The number of rotatable bonds is 3. The Morgan fingerprint density at radius 3 is 1.02 bits per heavy atom. The topological polar surface area (TPSA) is 0 Å². The Hall–Kier alpha value is 0. The van der Waals surface area contributed by atoms with Crippen LogP contribution in [0.2, 0.25) is 0 Å². The van der Waals surface area contributed by atoms with Crippen molar-refractivity contribution in [3.05, 3.63) is 0 Å². The molecule has 0 aromatic carbocycles. The van der Waals surface area contributed by atoms with Crippen molar-refractivity contribution >= 4 is 0 Å². The summed E-state index contributed by atoms with van der Waals surface area (Å²) in [4.78, 5) is 0. The normalized spacial score (nSPS) is 34.2. The van der Waals surface area contributed by atoms with Crippen molar-refractivity contribution in [2.75, 3.05) is 0 Å². The van der Waals surface area contributed by atoms with Crippen LogP contribution >= 0.6 is 0 Å². The predicted molar refractivity (Wildman–Crippen MR) is 233 cm³/mol. The lowest BCUT2D eigenvalue weighted by atomic mass is 9.64. The van der Waals surface area contributed by atoms with E-state index in [4.69, 9.17) is 0 Å². The molecule has 0 aromatic heterocycles. The van der Waals surface area contributed by atoms with Gasteiger partial charge in [-0.1, -0.05) is 216 Å². The minimum Gasteiger partial charge on any atom is -0.0683 e. The molecule has 5 unspecified atom stereocenters. The highest BCUT2D eigenvalue weighted by Gasteiger charge is 2.40. The van der Waals surface area contributed by atoms with Gasteiger partial charge in [0.1, 0.15) is 0 Å². The Kier molecular flexibility index (Phi) is 27.1. The molecule has 0 amide bonds. The van der Waals surface area contributed by atoms with Gasteiger partial charge in [0.15, 0.2) is 0 Å². The molecule has 0 heteroatoms. The first-order valence-electron chi connectivity index (χ1n) is 24.9. The largest absolute Gasteiger partial charge is 0.0683 e. The van der Waals surface area contributed by atoms with Crippen LogP contribution in [-0.2, 0) is 0 Å². The van der Waals surface area contributed by atoms with E-state index in [1.54, 1.807) is 64.2 Å². The second-order valence-electron chi connectivity index (χ2n) is 19.5. The summed E-state index contributed by atoms with van der Waals surface area (Å²) in [6.45, 7) is 20.2. The van der Waals surface area contributed by atoms with E-state index in [9.17, 15) is 0 Å². The molecule has 0 aliphatic heterocycles. The molecule has 51 heavy (non-hydrogen) atoms. The van der Waals surface area contributed by atoms with Gasteiger partial charge in [0, 0.05) is 0 Å². The van der Waals surface area contributed by atoms with E-state index in [2.05, 4.69) is 34.6 Å². The highest BCUT2D eigenvalue weighted by Crippen LogP contribution is 2.51. The molecule has 7 aliphatic rings. The Morgan fingerprint density at radius 2 is 0.569 bits per heavy atom. The van der Waals surface area contributed by atoms with Crippen LogP contribution in [0, 0.1) is 65.1 Å². The second kappa shape index (κ2) is 29.3. The molecule has 0 saturated heterocycles. The van der Waals surface area contributed by atoms with Gasteiger partial charge in [-0.05, 0) is 110 Å². The highest BCUT2D eigenvalue weighted by molar-refractivity contribution is 4.91. The first kappa shape index (κ1) is 47.2. The molecule has 0 radical (unpaired) electrons. The molecule has 7 rings (SSSR count). The maximum atomic E-state index is 2.58. The van der Waals surface area contributed by atoms with Crippen LogP contribution in [0.15, 0.2) is 0 Å². The average molecular weight is 713 g/mol. The monoisotopic (exact) mass is 713 g/mol. The van der Waals surface area contributed by atoms with Crippen LogP contribution in [0.3, 0.4) is 0 Å². The molecular formula is C51H100. The predicted octanol–water partition coefficient (Wildman–Crippen LogP) is 18.1. The summed E-state index contributed by atoms with van der Waals surface area (Å²) in [5, 5.41) is 0. The van der Waals surface area contributed by atoms with Crippen LogP contribution in [0.5, 0.6) is 0 Å². The zero-order valence-electron chi connectivity index (χ0n) is 37.3. The fourth-order valence-corrected chi connectivity index (χ4v) is 11.4. The van der Waals surface area contributed by atoms with Crippen LogP contribution in [0.1, 0.15) is 261 Å².